The van der Waals surface area contributed by atoms with Crippen molar-refractivity contribution < 1.29 is 4.39 Å². The Labute approximate surface area is 120 Å². The van der Waals surface area contributed by atoms with Gasteiger partial charge in [0.2, 0.25) is 0 Å². The third kappa shape index (κ3) is 3.93. The molecule has 0 saturated heterocycles. The van der Waals surface area contributed by atoms with Crippen molar-refractivity contribution in [2.24, 2.45) is 5.92 Å². The number of benzene rings is 1. The number of rotatable bonds is 4. The lowest BCUT2D eigenvalue weighted by Crippen LogP contribution is -2.24. The van der Waals surface area contributed by atoms with Crippen molar-refractivity contribution in [2.75, 3.05) is 13.6 Å². The summed E-state index contributed by atoms with van der Waals surface area (Å²) < 4.78 is 13.2. The van der Waals surface area contributed by atoms with E-state index in [1.165, 1.54) is 50.7 Å². The summed E-state index contributed by atoms with van der Waals surface area (Å²) in [6.07, 6.45) is 7.84. The molecule has 1 atom stereocenters. The first kappa shape index (κ1) is 14.8. The van der Waals surface area contributed by atoms with Crippen molar-refractivity contribution in [1.29, 1.82) is 0 Å². The van der Waals surface area contributed by atoms with E-state index in [9.17, 15) is 4.39 Å². The van der Waals surface area contributed by atoms with Crippen molar-refractivity contribution in [1.82, 2.24) is 5.32 Å². The lowest BCUT2D eigenvalue weighted by Gasteiger charge is -2.27. The predicted molar refractivity (Wildman–Crippen MR) is 79.3 cm³/mol. The zero-order valence-electron chi connectivity index (χ0n) is 11.6. The highest BCUT2D eigenvalue weighted by Crippen LogP contribution is 2.37. The second kappa shape index (κ2) is 7.25. The van der Waals surface area contributed by atoms with Gasteiger partial charge in [0.1, 0.15) is 5.82 Å². The molecule has 1 nitrogen and oxygen atoms in total. The molecule has 1 fully saturated rings. The van der Waals surface area contributed by atoms with E-state index in [-0.39, 0.29) is 5.82 Å². The molecule has 0 radical (unpaired) electrons. The summed E-state index contributed by atoms with van der Waals surface area (Å²) in [5, 5.41) is 3.85. The van der Waals surface area contributed by atoms with Crippen molar-refractivity contribution in [2.45, 2.75) is 44.4 Å². The molecule has 2 rings (SSSR count). The molecule has 3 heteroatoms. The number of hydrogen-bond acceptors (Lipinski definition) is 1. The smallest absolute Gasteiger partial charge is 0.124 e. The van der Waals surface area contributed by atoms with E-state index in [4.69, 9.17) is 11.6 Å². The second-order valence-corrected chi connectivity index (χ2v) is 5.99. The SMILES string of the molecule is CNCC(c1ccc(F)cc1Cl)C1CCCCCC1. The molecule has 0 aliphatic heterocycles. The maximum absolute atomic E-state index is 13.2. The molecular formula is C16H23ClFN. The Morgan fingerprint density at radius 3 is 2.53 bits per heavy atom. The van der Waals surface area contributed by atoms with Crippen LogP contribution in [0.2, 0.25) is 5.02 Å². The van der Waals surface area contributed by atoms with Crippen molar-refractivity contribution >= 4 is 11.6 Å². The molecule has 1 saturated carbocycles. The van der Waals surface area contributed by atoms with E-state index in [0.29, 0.717) is 16.9 Å². The largest absolute Gasteiger partial charge is 0.319 e. The molecule has 106 valence electrons. The van der Waals surface area contributed by atoms with Crippen molar-refractivity contribution in [3.8, 4) is 0 Å². The fourth-order valence-electron chi connectivity index (χ4n) is 3.27. The van der Waals surface area contributed by atoms with Crippen LogP contribution in [-0.4, -0.2) is 13.6 Å². The number of likely N-dealkylation sites (N-methyl/N-ethyl adjacent to an activating group) is 1. The summed E-state index contributed by atoms with van der Waals surface area (Å²) >= 11 is 6.25. The average molecular weight is 284 g/mol. The Bertz CT molecular complexity index is 400. The molecular weight excluding hydrogens is 261 g/mol. The van der Waals surface area contributed by atoms with Crippen molar-refractivity contribution in [3.05, 3.63) is 34.6 Å². The minimum absolute atomic E-state index is 0.252. The van der Waals surface area contributed by atoms with Gasteiger partial charge in [-0.3, -0.25) is 0 Å². The van der Waals surface area contributed by atoms with Crippen LogP contribution in [0.4, 0.5) is 4.39 Å². The van der Waals surface area contributed by atoms with Crippen LogP contribution in [0.15, 0.2) is 18.2 Å². The molecule has 0 amide bonds. The fraction of sp³-hybridized carbons (Fsp3) is 0.625. The van der Waals surface area contributed by atoms with Crippen LogP contribution < -0.4 is 5.32 Å². The van der Waals surface area contributed by atoms with Crippen LogP contribution in [0.25, 0.3) is 0 Å². The Kier molecular flexibility index (Phi) is 5.65. The minimum Gasteiger partial charge on any atom is -0.319 e. The van der Waals surface area contributed by atoms with E-state index < -0.39 is 0 Å². The summed E-state index contributed by atoms with van der Waals surface area (Å²) in [6.45, 7) is 0.913. The maximum Gasteiger partial charge on any atom is 0.124 e. The van der Waals surface area contributed by atoms with Crippen LogP contribution in [0.1, 0.15) is 50.0 Å². The normalized spacial score (nSPS) is 19.1. The van der Waals surface area contributed by atoms with Gasteiger partial charge in [-0.15, -0.1) is 0 Å². The van der Waals surface area contributed by atoms with E-state index in [1.54, 1.807) is 0 Å². The van der Waals surface area contributed by atoms with Crippen LogP contribution in [0.5, 0.6) is 0 Å². The van der Waals surface area contributed by atoms with Crippen LogP contribution in [0, 0.1) is 11.7 Å². The first-order chi connectivity index (χ1) is 9.22. The highest BCUT2D eigenvalue weighted by atomic mass is 35.5. The number of halogens is 2. The summed E-state index contributed by atoms with van der Waals surface area (Å²) in [7, 11) is 1.97. The van der Waals surface area contributed by atoms with Gasteiger partial charge in [-0.05, 0) is 43.5 Å². The van der Waals surface area contributed by atoms with Gasteiger partial charge < -0.3 is 5.32 Å². The first-order valence-corrected chi connectivity index (χ1v) is 7.69. The Balaban J connectivity index is 2.22. The Hall–Kier alpha value is -0.600. The van der Waals surface area contributed by atoms with Gasteiger partial charge in [0.25, 0.3) is 0 Å². The fourth-order valence-corrected chi connectivity index (χ4v) is 3.57. The summed E-state index contributed by atoms with van der Waals surface area (Å²) in [6, 6.07) is 4.83. The third-order valence-corrected chi connectivity index (χ3v) is 4.58. The molecule has 0 heterocycles. The Morgan fingerprint density at radius 1 is 1.26 bits per heavy atom. The standard InChI is InChI=1S/C16H23ClFN/c1-19-11-15(12-6-4-2-3-5-7-12)14-9-8-13(18)10-16(14)17/h8-10,12,15,19H,2-7,11H2,1H3. The molecule has 19 heavy (non-hydrogen) atoms. The first-order valence-electron chi connectivity index (χ1n) is 7.32. The molecule has 0 bridgehead atoms. The quantitative estimate of drug-likeness (QED) is 0.786. The molecule has 1 aromatic carbocycles. The van der Waals surface area contributed by atoms with E-state index >= 15 is 0 Å². The molecule has 1 aromatic rings. The topological polar surface area (TPSA) is 12.0 Å². The molecule has 1 aliphatic carbocycles. The summed E-state index contributed by atoms with van der Waals surface area (Å²) in [4.78, 5) is 0. The minimum atomic E-state index is -0.252. The van der Waals surface area contributed by atoms with Gasteiger partial charge in [0.15, 0.2) is 0 Å². The molecule has 1 aliphatic rings. The van der Waals surface area contributed by atoms with Crippen LogP contribution >= 0.6 is 11.6 Å². The van der Waals surface area contributed by atoms with Gasteiger partial charge in [0, 0.05) is 17.5 Å². The van der Waals surface area contributed by atoms with Crippen molar-refractivity contribution in [3.63, 3.8) is 0 Å². The van der Waals surface area contributed by atoms with Gasteiger partial charge in [-0.2, -0.15) is 0 Å². The monoisotopic (exact) mass is 283 g/mol. The predicted octanol–water partition coefficient (Wildman–Crippen LogP) is 4.75. The average Bonchev–Trinajstić information content (AvgIpc) is 2.65. The molecule has 1 unspecified atom stereocenters. The maximum atomic E-state index is 13.2. The number of nitrogens with one attached hydrogen (secondary N) is 1. The summed E-state index contributed by atoms with van der Waals surface area (Å²) in [5.41, 5.74) is 1.10. The van der Waals surface area contributed by atoms with Gasteiger partial charge in [-0.1, -0.05) is 43.4 Å². The molecule has 1 N–H and O–H groups in total. The molecule has 0 aromatic heterocycles. The number of hydrogen-bond donors (Lipinski definition) is 1. The zero-order chi connectivity index (χ0) is 13.7. The van der Waals surface area contributed by atoms with E-state index in [2.05, 4.69) is 5.32 Å². The highest BCUT2D eigenvalue weighted by molar-refractivity contribution is 6.31. The third-order valence-electron chi connectivity index (χ3n) is 4.25. The molecule has 0 spiro atoms. The lowest BCUT2D eigenvalue weighted by molar-refractivity contribution is 0.367. The van der Waals surface area contributed by atoms with Gasteiger partial charge in [0.05, 0.1) is 0 Å². The zero-order valence-corrected chi connectivity index (χ0v) is 12.3. The van der Waals surface area contributed by atoms with Gasteiger partial charge in [-0.25, -0.2) is 4.39 Å². The lowest BCUT2D eigenvalue weighted by atomic mass is 9.81. The highest BCUT2D eigenvalue weighted by Gasteiger charge is 2.25. The van der Waals surface area contributed by atoms with Crippen LogP contribution in [-0.2, 0) is 0 Å². The summed E-state index contributed by atoms with van der Waals surface area (Å²) in [5.74, 6) is 0.812. The van der Waals surface area contributed by atoms with E-state index in [1.807, 2.05) is 13.1 Å². The van der Waals surface area contributed by atoms with E-state index in [0.717, 1.165) is 12.1 Å². The van der Waals surface area contributed by atoms with Gasteiger partial charge >= 0.3 is 0 Å². The van der Waals surface area contributed by atoms with Crippen LogP contribution in [0.3, 0.4) is 0 Å². The second-order valence-electron chi connectivity index (χ2n) is 5.58. The Morgan fingerprint density at radius 2 is 1.95 bits per heavy atom.